The third-order valence-corrected chi connectivity index (χ3v) is 4.08. The molecule has 1 heterocycles. The Morgan fingerprint density at radius 1 is 1.23 bits per heavy atom. The molecule has 0 aliphatic rings. The molecule has 1 aromatic heterocycles. The van der Waals surface area contributed by atoms with Gasteiger partial charge in [-0.3, -0.25) is 4.99 Å². The van der Waals surface area contributed by atoms with Crippen molar-refractivity contribution in [2.45, 2.75) is 32.7 Å². The van der Waals surface area contributed by atoms with Crippen molar-refractivity contribution in [2.24, 2.45) is 4.99 Å². The van der Waals surface area contributed by atoms with Crippen LogP contribution < -0.4 is 15.4 Å². The summed E-state index contributed by atoms with van der Waals surface area (Å²) in [6.07, 6.45) is 1.73. The van der Waals surface area contributed by atoms with Gasteiger partial charge in [0.05, 0.1) is 6.61 Å². The standard InChI is InChI=1S/C20H27FN4O/c1-5-26-18-11-15(9-10-23-18)13-24-19(22-4)25-14-20(2,3)16-7-6-8-17(21)12-16/h6-12H,5,13-14H2,1-4H3,(H2,22,24,25). The summed E-state index contributed by atoms with van der Waals surface area (Å²) in [6, 6.07) is 10.5. The molecule has 0 amide bonds. The Hall–Kier alpha value is -2.63. The van der Waals surface area contributed by atoms with Crippen LogP contribution in [0.5, 0.6) is 5.88 Å². The summed E-state index contributed by atoms with van der Waals surface area (Å²) in [5.74, 6) is 1.08. The minimum absolute atomic E-state index is 0.221. The second kappa shape index (κ2) is 9.17. The van der Waals surface area contributed by atoms with E-state index in [4.69, 9.17) is 4.74 Å². The van der Waals surface area contributed by atoms with Gasteiger partial charge in [0.15, 0.2) is 5.96 Å². The summed E-state index contributed by atoms with van der Waals surface area (Å²) in [6.45, 7) is 7.87. The number of aromatic nitrogens is 1. The first kappa shape index (κ1) is 19.7. The number of ether oxygens (including phenoxy) is 1. The van der Waals surface area contributed by atoms with E-state index in [-0.39, 0.29) is 11.2 Å². The van der Waals surface area contributed by atoms with E-state index in [1.807, 2.05) is 25.1 Å². The van der Waals surface area contributed by atoms with E-state index in [0.717, 1.165) is 11.1 Å². The van der Waals surface area contributed by atoms with Gasteiger partial charge in [0, 0.05) is 37.8 Å². The maximum atomic E-state index is 13.5. The molecule has 2 rings (SSSR count). The molecule has 26 heavy (non-hydrogen) atoms. The number of aliphatic imine (C=N–C) groups is 1. The minimum atomic E-state index is -0.238. The van der Waals surface area contributed by atoms with E-state index in [0.29, 0.717) is 31.5 Å². The lowest BCUT2D eigenvalue weighted by Gasteiger charge is -2.27. The number of halogens is 1. The van der Waals surface area contributed by atoms with E-state index < -0.39 is 0 Å². The monoisotopic (exact) mass is 358 g/mol. The van der Waals surface area contributed by atoms with Crippen molar-refractivity contribution < 1.29 is 9.13 Å². The molecule has 0 atom stereocenters. The third kappa shape index (κ3) is 5.72. The number of benzene rings is 1. The first-order valence-corrected chi connectivity index (χ1v) is 8.73. The van der Waals surface area contributed by atoms with E-state index in [2.05, 4.69) is 34.5 Å². The lowest BCUT2D eigenvalue weighted by atomic mass is 9.84. The number of rotatable bonds is 7. The zero-order valence-corrected chi connectivity index (χ0v) is 15.8. The highest BCUT2D eigenvalue weighted by Gasteiger charge is 2.21. The number of guanidine groups is 1. The van der Waals surface area contributed by atoms with Gasteiger partial charge >= 0.3 is 0 Å². The number of hydrogen-bond donors (Lipinski definition) is 2. The van der Waals surface area contributed by atoms with Gasteiger partial charge in [-0.1, -0.05) is 26.0 Å². The summed E-state index contributed by atoms with van der Waals surface area (Å²) in [7, 11) is 1.72. The van der Waals surface area contributed by atoms with E-state index in [9.17, 15) is 4.39 Å². The van der Waals surface area contributed by atoms with Crippen molar-refractivity contribution in [2.75, 3.05) is 20.2 Å². The Morgan fingerprint density at radius 3 is 2.73 bits per heavy atom. The average Bonchev–Trinajstić information content (AvgIpc) is 2.62. The number of nitrogens with one attached hydrogen (secondary N) is 2. The van der Waals surface area contributed by atoms with Gasteiger partial charge in [-0.25, -0.2) is 9.37 Å². The molecule has 6 heteroatoms. The molecule has 0 saturated carbocycles. The predicted octanol–water partition coefficient (Wildman–Crippen LogP) is 3.26. The van der Waals surface area contributed by atoms with Gasteiger partial charge in [-0.2, -0.15) is 0 Å². The first-order valence-electron chi connectivity index (χ1n) is 8.73. The Morgan fingerprint density at radius 2 is 2.04 bits per heavy atom. The van der Waals surface area contributed by atoms with E-state index >= 15 is 0 Å². The summed E-state index contributed by atoms with van der Waals surface area (Å²) in [4.78, 5) is 8.41. The predicted molar refractivity (Wildman–Crippen MR) is 103 cm³/mol. The second-order valence-electron chi connectivity index (χ2n) is 6.61. The highest BCUT2D eigenvalue weighted by atomic mass is 19.1. The van der Waals surface area contributed by atoms with Gasteiger partial charge in [0.25, 0.3) is 0 Å². The largest absolute Gasteiger partial charge is 0.478 e. The summed E-state index contributed by atoms with van der Waals surface area (Å²) in [5, 5.41) is 6.58. The highest BCUT2D eigenvalue weighted by Crippen LogP contribution is 2.22. The lowest BCUT2D eigenvalue weighted by Crippen LogP contribution is -2.43. The van der Waals surface area contributed by atoms with E-state index in [1.54, 1.807) is 25.4 Å². The minimum Gasteiger partial charge on any atom is -0.478 e. The van der Waals surface area contributed by atoms with Crippen molar-refractivity contribution >= 4 is 5.96 Å². The van der Waals surface area contributed by atoms with Gasteiger partial charge < -0.3 is 15.4 Å². The fourth-order valence-electron chi connectivity index (χ4n) is 2.51. The van der Waals surface area contributed by atoms with Crippen molar-refractivity contribution in [3.05, 3.63) is 59.5 Å². The molecule has 1 aromatic carbocycles. The molecule has 0 radical (unpaired) electrons. The number of hydrogen-bond acceptors (Lipinski definition) is 3. The normalized spacial score (nSPS) is 12.0. The maximum Gasteiger partial charge on any atom is 0.213 e. The maximum absolute atomic E-state index is 13.5. The molecule has 0 unspecified atom stereocenters. The van der Waals surface area contributed by atoms with Crippen LogP contribution in [0.25, 0.3) is 0 Å². The van der Waals surface area contributed by atoms with Gasteiger partial charge in [0.1, 0.15) is 5.82 Å². The molecule has 0 spiro atoms. The van der Waals surface area contributed by atoms with Crippen molar-refractivity contribution in [3.8, 4) is 5.88 Å². The van der Waals surface area contributed by atoms with Gasteiger partial charge in [-0.15, -0.1) is 0 Å². The fraction of sp³-hybridized carbons (Fsp3) is 0.400. The zero-order chi connectivity index (χ0) is 19.0. The molecule has 0 saturated heterocycles. The van der Waals surface area contributed by atoms with Crippen LogP contribution in [-0.2, 0) is 12.0 Å². The fourth-order valence-corrected chi connectivity index (χ4v) is 2.51. The van der Waals surface area contributed by atoms with Crippen LogP contribution in [0.3, 0.4) is 0 Å². The highest BCUT2D eigenvalue weighted by molar-refractivity contribution is 5.79. The zero-order valence-electron chi connectivity index (χ0n) is 15.8. The molecule has 5 nitrogen and oxygen atoms in total. The first-order chi connectivity index (χ1) is 12.4. The molecular formula is C20H27FN4O. The molecule has 0 aliphatic heterocycles. The Labute approximate surface area is 154 Å². The number of nitrogens with zero attached hydrogens (tertiary/aromatic N) is 2. The lowest BCUT2D eigenvalue weighted by molar-refractivity contribution is 0.326. The molecule has 2 aromatic rings. The van der Waals surface area contributed by atoms with Crippen LogP contribution in [0.1, 0.15) is 31.9 Å². The summed E-state index contributed by atoms with van der Waals surface area (Å²) in [5.41, 5.74) is 1.75. The molecule has 0 aliphatic carbocycles. The van der Waals surface area contributed by atoms with Gasteiger partial charge in [-0.05, 0) is 36.2 Å². The Balaban J connectivity index is 1.92. The summed E-state index contributed by atoms with van der Waals surface area (Å²) < 4.78 is 18.9. The molecule has 140 valence electrons. The van der Waals surface area contributed by atoms with E-state index in [1.165, 1.54) is 6.07 Å². The van der Waals surface area contributed by atoms with Crippen LogP contribution in [0.15, 0.2) is 47.6 Å². The smallest absolute Gasteiger partial charge is 0.213 e. The van der Waals surface area contributed by atoms with Gasteiger partial charge in [0.2, 0.25) is 5.88 Å². The molecule has 0 bridgehead atoms. The second-order valence-corrected chi connectivity index (χ2v) is 6.61. The Kier molecular flexibility index (Phi) is 6.95. The quantitative estimate of drug-likeness (QED) is 0.589. The van der Waals surface area contributed by atoms with Crippen LogP contribution in [0.2, 0.25) is 0 Å². The van der Waals surface area contributed by atoms with Crippen LogP contribution in [0, 0.1) is 5.82 Å². The third-order valence-electron chi connectivity index (χ3n) is 4.08. The number of pyridine rings is 1. The van der Waals surface area contributed by atoms with Crippen molar-refractivity contribution in [3.63, 3.8) is 0 Å². The van der Waals surface area contributed by atoms with Crippen molar-refractivity contribution in [1.29, 1.82) is 0 Å². The average molecular weight is 358 g/mol. The Bertz CT molecular complexity index is 746. The molecule has 0 fully saturated rings. The molecular weight excluding hydrogens is 331 g/mol. The van der Waals surface area contributed by atoms with Crippen molar-refractivity contribution in [1.82, 2.24) is 15.6 Å². The summed E-state index contributed by atoms with van der Waals surface area (Å²) >= 11 is 0. The van der Waals surface area contributed by atoms with Crippen LogP contribution in [-0.4, -0.2) is 31.1 Å². The van der Waals surface area contributed by atoms with Crippen LogP contribution in [0.4, 0.5) is 4.39 Å². The topological polar surface area (TPSA) is 58.5 Å². The molecule has 2 N–H and O–H groups in total. The SMILES string of the molecule is CCOc1cc(CNC(=NC)NCC(C)(C)c2cccc(F)c2)ccn1. The van der Waals surface area contributed by atoms with Crippen LogP contribution >= 0.6 is 0 Å².